The van der Waals surface area contributed by atoms with E-state index in [1.54, 1.807) is 0 Å². The van der Waals surface area contributed by atoms with Crippen molar-refractivity contribution in [2.24, 2.45) is 5.92 Å². The first-order chi connectivity index (χ1) is 9.56. The van der Waals surface area contributed by atoms with Crippen LogP contribution < -0.4 is 11.1 Å². The molecule has 1 heterocycles. The fourth-order valence-electron chi connectivity index (χ4n) is 2.99. The topological polar surface area (TPSA) is 55.1 Å². The first-order valence-corrected chi connectivity index (χ1v) is 7.97. The molecule has 1 aliphatic carbocycles. The molecule has 1 amide bonds. The molecule has 3 rings (SSSR count). The normalized spacial score (nSPS) is 22.3. The minimum absolute atomic E-state index is 0.0138. The molecule has 20 heavy (non-hydrogen) atoms. The van der Waals surface area contributed by atoms with E-state index >= 15 is 0 Å². The summed E-state index contributed by atoms with van der Waals surface area (Å²) in [6.45, 7) is 4.25. The zero-order valence-corrected chi connectivity index (χ0v) is 12.7. The molecule has 0 radical (unpaired) electrons. The van der Waals surface area contributed by atoms with Crippen molar-refractivity contribution in [2.45, 2.75) is 39.2 Å². The molecule has 0 aliphatic heterocycles. The van der Waals surface area contributed by atoms with Crippen molar-refractivity contribution in [2.75, 3.05) is 5.73 Å². The molecule has 1 fully saturated rings. The molecule has 1 aliphatic rings. The number of thiophene rings is 1. The molecule has 0 spiro atoms. The van der Waals surface area contributed by atoms with E-state index in [4.69, 9.17) is 5.73 Å². The Morgan fingerprint density at radius 1 is 1.40 bits per heavy atom. The summed E-state index contributed by atoms with van der Waals surface area (Å²) in [6, 6.07) is 6.43. The zero-order chi connectivity index (χ0) is 14.3. The Bertz CT molecular complexity index is 662. The van der Waals surface area contributed by atoms with Gasteiger partial charge in [0.05, 0.1) is 5.69 Å². The van der Waals surface area contributed by atoms with Gasteiger partial charge in [0, 0.05) is 16.1 Å². The number of carbonyl (C=O) groups is 1. The molecule has 3 nitrogen and oxygen atoms in total. The van der Waals surface area contributed by atoms with Crippen LogP contribution >= 0.6 is 11.3 Å². The summed E-state index contributed by atoms with van der Waals surface area (Å²) in [6.07, 6.45) is 3.48. The maximum atomic E-state index is 12.4. The van der Waals surface area contributed by atoms with Gasteiger partial charge in [-0.15, -0.1) is 11.3 Å². The number of fused-ring (bicyclic) bond motifs is 1. The van der Waals surface area contributed by atoms with Crippen LogP contribution in [0.3, 0.4) is 0 Å². The molecule has 1 aromatic carbocycles. The zero-order valence-electron chi connectivity index (χ0n) is 11.9. The van der Waals surface area contributed by atoms with Gasteiger partial charge in [-0.3, -0.25) is 4.79 Å². The second kappa shape index (κ2) is 5.09. The van der Waals surface area contributed by atoms with Crippen LogP contribution in [0.15, 0.2) is 18.2 Å². The number of carbonyl (C=O) groups excluding carboxylic acids is 1. The standard InChI is InChI=1S/C16H20N2OS/c1-9-6-7-11-13(8-9)20-15(14(11)17)16(19)18-12-5-3-4-10(12)2/h6-8,10,12H,3-5,17H2,1-2H3,(H,18,19). The Morgan fingerprint density at radius 2 is 2.20 bits per heavy atom. The number of nitrogen functional groups attached to an aromatic ring is 1. The van der Waals surface area contributed by atoms with Gasteiger partial charge in [0.15, 0.2) is 0 Å². The number of aryl methyl sites for hydroxylation is 1. The molecular formula is C16H20N2OS. The molecule has 2 atom stereocenters. The predicted molar refractivity (Wildman–Crippen MR) is 85.2 cm³/mol. The van der Waals surface area contributed by atoms with E-state index in [0.29, 0.717) is 22.5 Å². The molecule has 1 aromatic heterocycles. The number of hydrogen-bond donors (Lipinski definition) is 2. The number of amides is 1. The van der Waals surface area contributed by atoms with Crippen molar-refractivity contribution < 1.29 is 4.79 Å². The van der Waals surface area contributed by atoms with Crippen LogP contribution in [0.2, 0.25) is 0 Å². The van der Waals surface area contributed by atoms with Gasteiger partial charge in [-0.25, -0.2) is 0 Å². The van der Waals surface area contributed by atoms with E-state index in [9.17, 15) is 4.79 Å². The minimum Gasteiger partial charge on any atom is -0.397 e. The van der Waals surface area contributed by atoms with Crippen molar-refractivity contribution in [3.8, 4) is 0 Å². The third-order valence-corrected chi connectivity index (χ3v) is 5.44. The number of nitrogens with two attached hydrogens (primary N) is 1. The van der Waals surface area contributed by atoms with Gasteiger partial charge in [0.25, 0.3) is 5.91 Å². The number of nitrogens with one attached hydrogen (secondary N) is 1. The Balaban J connectivity index is 1.89. The van der Waals surface area contributed by atoms with Crippen molar-refractivity contribution in [1.82, 2.24) is 5.32 Å². The molecule has 4 heteroatoms. The van der Waals surface area contributed by atoms with Crippen LogP contribution in [0.5, 0.6) is 0 Å². The number of hydrogen-bond acceptors (Lipinski definition) is 3. The van der Waals surface area contributed by atoms with E-state index in [2.05, 4.69) is 25.2 Å². The maximum Gasteiger partial charge on any atom is 0.263 e. The summed E-state index contributed by atoms with van der Waals surface area (Å²) in [5.74, 6) is 0.553. The molecule has 0 saturated heterocycles. The summed E-state index contributed by atoms with van der Waals surface area (Å²) >= 11 is 1.49. The second-order valence-corrected chi connectivity index (χ2v) is 6.88. The summed E-state index contributed by atoms with van der Waals surface area (Å²) in [7, 11) is 0. The molecule has 1 saturated carbocycles. The maximum absolute atomic E-state index is 12.4. The highest BCUT2D eigenvalue weighted by Gasteiger charge is 2.26. The fourth-order valence-corrected chi connectivity index (χ4v) is 4.11. The van der Waals surface area contributed by atoms with E-state index in [1.807, 2.05) is 12.1 Å². The Morgan fingerprint density at radius 3 is 2.90 bits per heavy atom. The van der Waals surface area contributed by atoms with Crippen LogP contribution in [0.1, 0.15) is 41.4 Å². The molecule has 2 aromatic rings. The molecular weight excluding hydrogens is 268 g/mol. The third-order valence-electron chi connectivity index (χ3n) is 4.27. The second-order valence-electron chi connectivity index (χ2n) is 5.83. The smallest absolute Gasteiger partial charge is 0.263 e. The van der Waals surface area contributed by atoms with Gasteiger partial charge in [-0.05, 0) is 37.3 Å². The average Bonchev–Trinajstić information content (AvgIpc) is 2.94. The third kappa shape index (κ3) is 2.29. The van der Waals surface area contributed by atoms with E-state index in [0.717, 1.165) is 16.5 Å². The quantitative estimate of drug-likeness (QED) is 0.885. The van der Waals surface area contributed by atoms with Crippen LogP contribution in [0, 0.1) is 12.8 Å². The summed E-state index contributed by atoms with van der Waals surface area (Å²) < 4.78 is 1.09. The first-order valence-electron chi connectivity index (χ1n) is 7.15. The average molecular weight is 288 g/mol. The molecule has 2 unspecified atom stereocenters. The number of anilines is 1. The highest BCUT2D eigenvalue weighted by atomic mass is 32.1. The van der Waals surface area contributed by atoms with Crippen molar-refractivity contribution in [1.29, 1.82) is 0 Å². The Hall–Kier alpha value is -1.55. The van der Waals surface area contributed by atoms with Crippen LogP contribution in [-0.2, 0) is 0 Å². The Kier molecular flexibility index (Phi) is 3.42. The monoisotopic (exact) mass is 288 g/mol. The van der Waals surface area contributed by atoms with E-state index in [1.165, 1.54) is 29.7 Å². The Labute approximate surface area is 123 Å². The summed E-state index contributed by atoms with van der Waals surface area (Å²) in [5, 5.41) is 4.14. The largest absolute Gasteiger partial charge is 0.397 e. The lowest BCUT2D eigenvalue weighted by molar-refractivity contribution is 0.0934. The lowest BCUT2D eigenvalue weighted by atomic mass is 10.1. The van der Waals surface area contributed by atoms with Gasteiger partial charge < -0.3 is 11.1 Å². The summed E-state index contributed by atoms with van der Waals surface area (Å²) in [5.41, 5.74) is 7.96. The first kappa shape index (κ1) is 13.4. The predicted octanol–water partition coefficient (Wildman–Crippen LogP) is 3.71. The lowest BCUT2D eigenvalue weighted by Gasteiger charge is -2.16. The molecule has 106 valence electrons. The van der Waals surface area contributed by atoms with Crippen molar-refractivity contribution >= 4 is 33.0 Å². The lowest BCUT2D eigenvalue weighted by Crippen LogP contribution is -2.36. The minimum atomic E-state index is -0.0138. The van der Waals surface area contributed by atoms with Gasteiger partial charge in [0.2, 0.25) is 0 Å². The van der Waals surface area contributed by atoms with Crippen molar-refractivity contribution in [3.63, 3.8) is 0 Å². The van der Waals surface area contributed by atoms with Gasteiger partial charge in [-0.1, -0.05) is 25.5 Å². The van der Waals surface area contributed by atoms with Gasteiger partial charge in [-0.2, -0.15) is 0 Å². The number of rotatable bonds is 2. The van der Waals surface area contributed by atoms with E-state index in [-0.39, 0.29) is 5.91 Å². The molecule has 3 N–H and O–H groups in total. The van der Waals surface area contributed by atoms with Gasteiger partial charge >= 0.3 is 0 Å². The molecule has 0 bridgehead atoms. The van der Waals surface area contributed by atoms with Crippen LogP contribution in [0.25, 0.3) is 10.1 Å². The van der Waals surface area contributed by atoms with Crippen LogP contribution in [-0.4, -0.2) is 11.9 Å². The van der Waals surface area contributed by atoms with Crippen LogP contribution in [0.4, 0.5) is 5.69 Å². The van der Waals surface area contributed by atoms with Gasteiger partial charge in [0.1, 0.15) is 4.88 Å². The SMILES string of the molecule is Cc1ccc2c(N)c(C(=O)NC3CCCC3C)sc2c1. The fraction of sp³-hybridized carbons (Fsp3) is 0.438. The number of benzene rings is 1. The highest BCUT2D eigenvalue weighted by molar-refractivity contribution is 7.21. The highest BCUT2D eigenvalue weighted by Crippen LogP contribution is 2.34. The van der Waals surface area contributed by atoms with E-state index < -0.39 is 0 Å². The summed E-state index contributed by atoms with van der Waals surface area (Å²) in [4.78, 5) is 13.1. The van der Waals surface area contributed by atoms with Crippen molar-refractivity contribution in [3.05, 3.63) is 28.6 Å².